The lowest BCUT2D eigenvalue weighted by molar-refractivity contribution is -0.141. The van der Waals surface area contributed by atoms with Crippen molar-refractivity contribution in [2.75, 3.05) is 38.7 Å². The highest BCUT2D eigenvalue weighted by molar-refractivity contribution is 7.19. The molecule has 1 aliphatic carbocycles. The predicted octanol–water partition coefficient (Wildman–Crippen LogP) is 2.42. The molecule has 2 atom stereocenters. The van der Waals surface area contributed by atoms with E-state index in [9.17, 15) is 4.79 Å². The molecule has 2 aromatic rings. The minimum absolute atomic E-state index is 0.0119. The molecule has 0 N–H and O–H groups in total. The van der Waals surface area contributed by atoms with Crippen molar-refractivity contribution >= 4 is 33.3 Å². The number of ether oxygens (including phenoxy) is 1. The molecule has 2 aliphatic rings. The van der Waals surface area contributed by atoms with Gasteiger partial charge in [-0.3, -0.25) is 4.79 Å². The Morgan fingerprint density at radius 2 is 2.15 bits per heavy atom. The molecular formula is C19H26N4O2S. The number of morpholine rings is 1. The maximum Gasteiger partial charge on any atom is 0.253 e. The van der Waals surface area contributed by atoms with Gasteiger partial charge < -0.3 is 14.5 Å². The lowest BCUT2D eigenvalue weighted by atomic mass is 9.89. The molecule has 0 saturated carbocycles. The Hall–Kier alpha value is -1.73. The van der Waals surface area contributed by atoms with Crippen molar-refractivity contribution in [1.82, 2.24) is 14.9 Å². The number of hydrogen-bond acceptors (Lipinski definition) is 6. The molecule has 2 unspecified atom stereocenters. The van der Waals surface area contributed by atoms with Crippen LogP contribution >= 0.6 is 11.3 Å². The summed E-state index contributed by atoms with van der Waals surface area (Å²) in [5, 5.41) is 1.21. The summed E-state index contributed by atoms with van der Waals surface area (Å²) >= 11 is 1.82. The van der Waals surface area contributed by atoms with Crippen LogP contribution in [-0.4, -0.2) is 60.7 Å². The van der Waals surface area contributed by atoms with Crippen LogP contribution in [-0.2, 0) is 22.4 Å². The second-order valence-electron chi connectivity index (χ2n) is 7.66. The summed E-state index contributed by atoms with van der Waals surface area (Å²) in [5.41, 5.74) is 1.43. The Bertz CT molecular complexity index is 848. The van der Waals surface area contributed by atoms with Gasteiger partial charge in [-0.1, -0.05) is 6.92 Å². The van der Waals surface area contributed by atoms with Crippen LogP contribution < -0.4 is 4.90 Å². The number of carbonyl (C=O) groups excluding carboxylic acids is 1. The van der Waals surface area contributed by atoms with E-state index in [4.69, 9.17) is 14.7 Å². The highest BCUT2D eigenvalue weighted by Gasteiger charge is 2.31. The molecule has 3 heterocycles. The first-order valence-corrected chi connectivity index (χ1v) is 10.1. The van der Waals surface area contributed by atoms with Crippen molar-refractivity contribution in [2.45, 2.75) is 39.2 Å². The summed E-state index contributed by atoms with van der Waals surface area (Å²) in [4.78, 5) is 28.3. The number of amides is 1. The third-order valence-corrected chi connectivity index (χ3v) is 6.48. The Balaban J connectivity index is 1.75. The molecule has 7 heteroatoms. The molecule has 0 spiro atoms. The van der Waals surface area contributed by atoms with Crippen molar-refractivity contribution in [1.29, 1.82) is 0 Å². The van der Waals surface area contributed by atoms with Crippen LogP contribution in [0.5, 0.6) is 0 Å². The first kappa shape index (κ1) is 17.7. The molecule has 2 aromatic heterocycles. The number of likely N-dealkylation sites (N-methyl/N-ethyl adjacent to an activating group) is 1. The largest absolute Gasteiger partial charge is 0.365 e. The van der Waals surface area contributed by atoms with Gasteiger partial charge in [0.25, 0.3) is 5.91 Å². The van der Waals surface area contributed by atoms with Gasteiger partial charge >= 0.3 is 0 Å². The number of aromatic nitrogens is 2. The van der Waals surface area contributed by atoms with Crippen LogP contribution in [0, 0.1) is 12.8 Å². The zero-order valence-corrected chi connectivity index (χ0v) is 16.7. The topological polar surface area (TPSA) is 58.6 Å². The third kappa shape index (κ3) is 3.07. The van der Waals surface area contributed by atoms with E-state index in [0.29, 0.717) is 13.2 Å². The second kappa shape index (κ2) is 6.78. The van der Waals surface area contributed by atoms with Crippen LogP contribution in [0.25, 0.3) is 10.2 Å². The molecule has 4 rings (SSSR count). The fourth-order valence-electron chi connectivity index (χ4n) is 3.93. The quantitative estimate of drug-likeness (QED) is 0.808. The lowest BCUT2D eigenvalue weighted by Gasteiger charge is -2.34. The highest BCUT2D eigenvalue weighted by Crippen LogP contribution is 2.41. The Morgan fingerprint density at radius 1 is 1.35 bits per heavy atom. The van der Waals surface area contributed by atoms with Crippen LogP contribution in [0.3, 0.4) is 0 Å². The van der Waals surface area contributed by atoms with E-state index in [2.05, 4.69) is 11.8 Å². The van der Waals surface area contributed by atoms with Crippen LogP contribution in [0.1, 0.15) is 29.6 Å². The van der Waals surface area contributed by atoms with Gasteiger partial charge in [-0.05, 0) is 37.7 Å². The maximum absolute atomic E-state index is 12.4. The molecule has 140 valence electrons. The standard InChI is InChI=1S/C19H26N4O2S/c1-11-5-6-13-15(9-11)26-18-16(13)17(20-12(2)21-18)23-7-8-25-14(10-23)19(24)22(3)4/h11,14H,5-10H2,1-4H3. The van der Waals surface area contributed by atoms with Gasteiger partial charge in [-0.2, -0.15) is 0 Å². The molecule has 26 heavy (non-hydrogen) atoms. The number of nitrogens with zero attached hydrogens (tertiary/aromatic N) is 4. The Labute approximate surface area is 158 Å². The molecule has 1 fully saturated rings. The third-order valence-electron chi connectivity index (χ3n) is 5.33. The minimum Gasteiger partial charge on any atom is -0.365 e. The highest BCUT2D eigenvalue weighted by atomic mass is 32.1. The minimum atomic E-state index is -0.432. The van der Waals surface area contributed by atoms with Gasteiger partial charge in [0.15, 0.2) is 6.10 Å². The molecule has 1 saturated heterocycles. The van der Waals surface area contributed by atoms with E-state index in [0.717, 1.165) is 41.8 Å². The van der Waals surface area contributed by atoms with Crippen LogP contribution in [0.15, 0.2) is 0 Å². The first-order chi connectivity index (χ1) is 12.4. The van der Waals surface area contributed by atoms with Gasteiger partial charge in [-0.15, -0.1) is 11.3 Å². The van der Waals surface area contributed by atoms with Gasteiger partial charge in [0, 0.05) is 25.5 Å². The molecule has 6 nitrogen and oxygen atoms in total. The average molecular weight is 375 g/mol. The Kier molecular flexibility index (Phi) is 4.61. The van der Waals surface area contributed by atoms with Crippen molar-refractivity contribution in [3.8, 4) is 0 Å². The fourth-order valence-corrected chi connectivity index (χ4v) is 5.36. The summed E-state index contributed by atoms with van der Waals surface area (Å²) in [6.45, 7) is 6.11. The van der Waals surface area contributed by atoms with Crippen LogP contribution in [0.2, 0.25) is 0 Å². The fraction of sp³-hybridized carbons (Fsp3) is 0.632. The summed E-state index contributed by atoms with van der Waals surface area (Å²) < 4.78 is 5.73. The second-order valence-corrected chi connectivity index (χ2v) is 8.75. The summed E-state index contributed by atoms with van der Waals surface area (Å²) in [5.74, 6) is 2.52. The van der Waals surface area contributed by atoms with E-state index in [1.807, 2.05) is 18.3 Å². The number of fused-ring (bicyclic) bond motifs is 3. The first-order valence-electron chi connectivity index (χ1n) is 9.30. The van der Waals surface area contributed by atoms with Gasteiger partial charge in [-0.25, -0.2) is 9.97 Å². The monoisotopic (exact) mass is 374 g/mol. The lowest BCUT2D eigenvalue weighted by Crippen LogP contribution is -2.50. The predicted molar refractivity (Wildman–Crippen MR) is 104 cm³/mol. The van der Waals surface area contributed by atoms with Crippen molar-refractivity contribution < 1.29 is 9.53 Å². The number of anilines is 1. The van der Waals surface area contributed by atoms with E-state index >= 15 is 0 Å². The Morgan fingerprint density at radius 3 is 2.92 bits per heavy atom. The smallest absolute Gasteiger partial charge is 0.253 e. The van der Waals surface area contributed by atoms with E-state index in [1.54, 1.807) is 19.0 Å². The molecule has 0 bridgehead atoms. The average Bonchev–Trinajstić information content (AvgIpc) is 2.97. The molecule has 0 aromatic carbocycles. The zero-order chi connectivity index (χ0) is 18.4. The van der Waals surface area contributed by atoms with Gasteiger partial charge in [0.1, 0.15) is 16.5 Å². The van der Waals surface area contributed by atoms with Crippen molar-refractivity contribution in [3.05, 3.63) is 16.3 Å². The summed E-state index contributed by atoms with van der Waals surface area (Å²) in [7, 11) is 3.54. The molecule has 1 amide bonds. The normalized spacial score (nSPS) is 23.2. The molecule has 1 aliphatic heterocycles. The SMILES string of the molecule is Cc1nc(N2CCOC(C(=O)N(C)C)C2)c2c3c(sc2n1)CC(C)CC3. The van der Waals surface area contributed by atoms with E-state index in [1.165, 1.54) is 22.2 Å². The zero-order valence-electron chi connectivity index (χ0n) is 15.9. The number of aryl methyl sites for hydroxylation is 2. The van der Waals surface area contributed by atoms with Gasteiger partial charge in [0.2, 0.25) is 0 Å². The van der Waals surface area contributed by atoms with Crippen molar-refractivity contribution in [3.63, 3.8) is 0 Å². The van der Waals surface area contributed by atoms with Gasteiger partial charge in [0.05, 0.1) is 18.5 Å². The molecule has 0 radical (unpaired) electrons. The molecular weight excluding hydrogens is 348 g/mol. The summed E-state index contributed by atoms with van der Waals surface area (Å²) in [6.07, 6.45) is 3.02. The number of rotatable bonds is 2. The number of hydrogen-bond donors (Lipinski definition) is 0. The van der Waals surface area contributed by atoms with E-state index in [-0.39, 0.29) is 5.91 Å². The van der Waals surface area contributed by atoms with Crippen molar-refractivity contribution in [2.24, 2.45) is 5.92 Å². The van der Waals surface area contributed by atoms with Crippen LogP contribution in [0.4, 0.5) is 5.82 Å². The number of carbonyl (C=O) groups is 1. The summed E-state index contributed by atoms with van der Waals surface area (Å²) in [6, 6.07) is 0. The number of thiophene rings is 1. The maximum atomic E-state index is 12.4. The van der Waals surface area contributed by atoms with E-state index < -0.39 is 6.10 Å².